The lowest BCUT2D eigenvalue weighted by Crippen LogP contribution is -1.96. The van der Waals surface area contributed by atoms with Crippen LogP contribution >= 0.6 is 0 Å². The van der Waals surface area contributed by atoms with Gasteiger partial charge in [-0.05, 0) is 18.9 Å². The van der Waals surface area contributed by atoms with Gasteiger partial charge in [0, 0.05) is 6.07 Å². The Hall–Kier alpha value is -1.58. The Morgan fingerprint density at radius 3 is 1.80 bits per heavy atom. The molecule has 0 atom stereocenters. The van der Waals surface area contributed by atoms with Crippen LogP contribution in [0.15, 0.2) is 18.2 Å². The highest BCUT2D eigenvalue weighted by molar-refractivity contribution is 5.48. The third-order valence-electron chi connectivity index (χ3n) is 4.85. The topological polar surface area (TPSA) is 63.4 Å². The number of nitro benzene ring substituents is 1. The van der Waals surface area contributed by atoms with Gasteiger partial charge in [0.05, 0.1) is 10.5 Å². The van der Waals surface area contributed by atoms with Gasteiger partial charge in [-0.3, -0.25) is 10.1 Å². The van der Waals surface area contributed by atoms with E-state index >= 15 is 0 Å². The molecule has 1 aromatic rings. The first-order chi connectivity index (χ1) is 12.2. The number of nitrogens with zero attached hydrogens (tertiary/aromatic N) is 1. The normalized spacial score (nSPS) is 10.9. The lowest BCUT2D eigenvalue weighted by Gasteiger charge is -2.06. The summed E-state index contributed by atoms with van der Waals surface area (Å²) in [5, 5.41) is 20.8. The number of rotatable bonds is 15. The Morgan fingerprint density at radius 2 is 1.32 bits per heavy atom. The molecule has 0 spiro atoms. The Morgan fingerprint density at radius 1 is 0.840 bits per heavy atom. The van der Waals surface area contributed by atoms with Gasteiger partial charge in [-0.15, -0.1) is 0 Å². The zero-order valence-electron chi connectivity index (χ0n) is 15.8. The number of phenolic OH excluding ortho intramolecular Hbond substituents is 1. The minimum Gasteiger partial charge on any atom is -0.507 e. The summed E-state index contributed by atoms with van der Waals surface area (Å²) in [5.74, 6) is 0.0492. The van der Waals surface area contributed by atoms with Crippen LogP contribution in [-0.2, 0) is 6.42 Å². The number of hydrogen-bond acceptors (Lipinski definition) is 3. The van der Waals surface area contributed by atoms with Crippen molar-refractivity contribution >= 4 is 5.69 Å². The van der Waals surface area contributed by atoms with Gasteiger partial charge in [0.25, 0.3) is 5.69 Å². The van der Waals surface area contributed by atoms with Gasteiger partial charge in [-0.1, -0.05) is 90.0 Å². The monoisotopic (exact) mass is 349 g/mol. The molecule has 0 aliphatic carbocycles. The maximum Gasteiger partial charge on any atom is 0.276 e. The molecular formula is C21H35NO3. The van der Waals surface area contributed by atoms with Crippen LogP contribution in [0.2, 0.25) is 0 Å². The van der Waals surface area contributed by atoms with E-state index in [1.807, 2.05) is 0 Å². The molecule has 4 heteroatoms. The number of aromatic hydroxyl groups is 1. The summed E-state index contributed by atoms with van der Waals surface area (Å²) < 4.78 is 0. The molecular weight excluding hydrogens is 314 g/mol. The molecule has 0 heterocycles. The van der Waals surface area contributed by atoms with E-state index in [0.717, 1.165) is 12.8 Å². The van der Waals surface area contributed by atoms with Gasteiger partial charge in [0.1, 0.15) is 5.75 Å². The minimum atomic E-state index is -0.405. The fourth-order valence-electron chi connectivity index (χ4n) is 3.31. The molecule has 0 radical (unpaired) electrons. The van der Waals surface area contributed by atoms with Gasteiger partial charge in [0.2, 0.25) is 0 Å². The highest BCUT2D eigenvalue weighted by Crippen LogP contribution is 2.29. The van der Waals surface area contributed by atoms with Crippen LogP contribution in [0.1, 0.15) is 96.0 Å². The Balaban J connectivity index is 2.02. The summed E-state index contributed by atoms with van der Waals surface area (Å²) >= 11 is 0. The molecule has 0 aliphatic heterocycles. The van der Waals surface area contributed by atoms with Crippen LogP contribution in [-0.4, -0.2) is 10.0 Å². The summed E-state index contributed by atoms with van der Waals surface area (Å²) in [6, 6.07) is 4.53. The second-order valence-electron chi connectivity index (χ2n) is 7.02. The van der Waals surface area contributed by atoms with Crippen LogP contribution in [0.4, 0.5) is 5.69 Å². The molecule has 25 heavy (non-hydrogen) atoms. The van der Waals surface area contributed by atoms with Gasteiger partial charge in [-0.25, -0.2) is 0 Å². The number of benzene rings is 1. The molecule has 1 rings (SSSR count). The van der Waals surface area contributed by atoms with Crippen LogP contribution in [0.3, 0.4) is 0 Å². The Bertz CT molecular complexity index is 488. The van der Waals surface area contributed by atoms with Gasteiger partial charge in [0.15, 0.2) is 0 Å². The second kappa shape index (κ2) is 13.7. The highest BCUT2D eigenvalue weighted by Gasteiger charge is 2.16. The van der Waals surface area contributed by atoms with E-state index < -0.39 is 4.92 Å². The van der Waals surface area contributed by atoms with Crippen molar-refractivity contribution in [3.05, 3.63) is 33.9 Å². The molecule has 1 aromatic carbocycles. The molecule has 0 aliphatic rings. The lowest BCUT2D eigenvalue weighted by molar-refractivity contribution is -0.385. The highest BCUT2D eigenvalue weighted by atomic mass is 16.6. The van der Waals surface area contributed by atoms with Gasteiger partial charge < -0.3 is 5.11 Å². The van der Waals surface area contributed by atoms with E-state index in [4.69, 9.17) is 0 Å². The summed E-state index contributed by atoms with van der Waals surface area (Å²) in [4.78, 5) is 10.6. The predicted molar refractivity (Wildman–Crippen MR) is 104 cm³/mol. The molecule has 0 unspecified atom stereocenters. The third-order valence-corrected chi connectivity index (χ3v) is 4.85. The molecule has 0 aromatic heterocycles. The average molecular weight is 350 g/mol. The molecule has 0 saturated heterocycles. The summed E-state index contributed by atoms with van der Waals surface area (Å²) in [6.45, 7) is 2.25. The van der Waals surface area contributed by atoms with Gasteiger partial charge >= 0.3 is 0 Å². The molecule has 0 saturated carbocycles. The summed E-state index contributed by atoms with van der Waals surface area (Å²) in [7, 11) is 0. The Labute approximate surface area is 152 Å². The van der Waals surface area contributed by atoms with E-state index in [9.17, 15) is 15.2 Å². The van der Waals surface area contributed by atoms with Crippen molar-refractivity contribution in [2.45, 2.75) is 96.8 Å². The number of hydrogen-bond donors (Lipinski definition) is 1. The van der Waals surface area contributed by atoms with Crippen LogP contribution in [0, 0.1) is 10.1 Å². The van der Waals surface area contributed by atoms with Crippen molar-refractivity contribution in [3.8, 4) is 5.75 Å². The molecule has 0 amide bonds. The van der Waals surface area contributed by atoms with Gasteiger partial charge in [-0.2, -0.15) is 0 Å². The maximum atomic E-state index is 11.0. The molecule has 4 nitrogen and oxygen atoms in total. The van der Waals surface area contributed by atoms with Crippen molar-refractivity contribution in [3.63, 3.8) is 0 Å². The first-order valence-corrected chi connectivity index (χ1v) is 10.1. The van der Waals surface area contributed by atoms with E-state index in [-0.39, 0.29) is 11.4 Å². The number of unbranched alkanes of at least 4 members (excludes halogenated alkanes) is 12. The minimum absolute atomic E-state index is 0.0407. The molecule has 1 N–H and O–H groups in total. The first kappa shape index (κ1) is 21.5. The predicted octanol–water partition coefficient (Wildman–Crippen LogP) is 6.93. The molecule has 0 fully saturated rings. The zero-order valence-corrected chi connectivity index (χ0v) is 15.8. The molecule has 142 valence electrons. The third kappa shape index (κ3) is 9.47. The van der Waals surface area contributed by atoms with E-state index in [1.54, 1.807) is 0 Å². The summed E-state index contributed by atoms with van der Waals surface area (Å²) in [5.41, 5.74) is 0.523. The van der Waals surface area contributed by atoms with E-state index in [0.29, 0.717) is 12.0 Å². The van der Waals surface area contributed by atoms with E-state index in [1.165, 1.54) is 88.8 Å². The van der Waals surface area contributed by atoms with Crippen molar-refractivity contribution in [2.24, 2.45) is 0 Å². The maximum absolute atomic E-state index is 11.0. The van der Waals surface area contributed by atoms with Crippen molar-refractivity contribution in [2.75, 3.05) is 0 Å². The lowest BCUT2D eigenvalue weighted by atomic mass is 10.0. The Kier molecular flexibility index (Phi) is 11.7. The smallest absolute Gasteiger partial charge is 0.276 e. The fourth-order valence-corrected chi connectivity index (χ4v) is 3.31. The van der Waals surface area contributed by atoms with Crippen LogP contribution < -0.4 is 0 Å². The van der Waals surface area contributed by atoms with Crippen LogP contribution in [0.5, 0.6) is 5.75 Å². The molecule has 0 bridgehead atoms. The largest absolute Gasteiger partial charge is 0.507 e. The first-order valence-electron chi connectivity index (χ1n) is 10.1. The number of nitro groups is 1. The van der Waals surface area contributed by atoms with E-state index in [2.05, 4.69) is 6.92 Å². The fraction of sp³-hybridized carbons (Fsp3) is 0.714. The van der Waals surface area contributed by atoms with Crippen molar-refractivity contribution < 1.29 is 10.0 Å². The second-order valence-corrected chi connectivity index (χ2v) is 7.02. The van der Waals surface area contributed by atoms with Crippen molar-refractivity contribution in [1.82, 2.24) is 0 Å². The SMILES string of the molecule is CCCCCCCCCCCCCCCc1c(O)cccc1[N+](=O)[O-]. The standard InChI is InChI=1S/C21H35NO3/c1-2-3-4-5-6-7-8-9-10-11-12-13-14-16-19-20(22(24)25)17-15-18-21(19)23/h15,17-18,23H,2-14,16H2,1H3. The number of phenols is 1. The van der Waals surface area contributed by atoms with Crippen LogP contribution in [0.25, 0.3) is 0 Å². The zero-order chi connectivity index (χ0) is 18.3. The summed E-state index contributed by atoms with van der Waals surface area (Å²) in [6.07, 6.45) is 17.2. The van der Waals surface area contributed by atoms with Crippen molar-refractivity contribution in [1.29, 1.82) is 0 Å². The average Bonchev–Trinajstić information content (AvgIpc) is 2.59. The quantitative estimate of drug-likeness (QED) is 0.212.